The van der Waals surface area contributed by atoms with Crippen molar-refractivity contribution in [3.8, 4) is 0 Å². The summed E-state index contributed by atoms with van der Waals surface area (Å²) >= 11 is 0. The van der Waals surface area contributed by atoms with Gasteiger partial charge in [-0.2, -0.15) is 0 Å². The van der Waals surface area contributed by atoms with E-state index in [1.54, 1.807) is 44.2 Å². The van der Waals surface area contributed by atoms with Crippen LogP contribution < -0.4 is 0 Å². The van der Waals surface area contributed by atoms with Crippen LogP contribution in [0, 0.1) is 10.8 Å². The Morgan fingerprint density at radius 1 is 1.00 bits per heavy atom. The van der Waals surface area contributed by atoms with Gasteiger partial charge in [0.2, 0.25) is 0 Å². The molecule has 0 spiro atoms. The molecule has 3 rings (SSSR count). The lowest BCUT2D eigenvalue weighted by Gasteiger charge is -2.36. The maximum atomic E-state index is 11.4. The Bertz CT molecular complexity index is 688. The van der Waals surface area contributed by atoms with Gasteiger partial charge in [-0.1, -0.05) is 58.0 Å². The molecule has 6 N–H and O–H groups in total. The molecular formula is C19H28O6. The molecule has 0 aromatic heterocycles. The molecule has 0 saturated heterocycles. The SMILES string of the molecule is CC1(C)[C@@](O)([C@](O)(CO)Cc2ccccc2)[C@]1(O)[C@]1(O)C(O)C1(C)C. The van der Waals surface area contributed by atoms with Gasteiger partial charge in [0.1, 0.15) is 22.4 Å². The molecule has 25 heavy (non-hydrogen) atoms. The van der Waals surface area contributed by atoms with Crippen LogP contribution in [0.25, 0.3) is 0 Å². The summed E-state index contributed by atoms with van der Waals surface area (Å²) in [5.74, 6) is 0. The zero-order chi connectivity index (χ0) is 19.1. The molecule has 1 aromatic carbocycles. The molecule has 2 aliphatic rings. The van der Waals surface area contributed by atoms with E-state index in [1.807, 2.05) is 0 Å². The zero-order valence-electron chi connectivity index (χ0n) is 15.1. The molecule has 6 nitrogen and oxygen atoms in total. The summed E-state index contributed by atoms with van der Waals surface area (Å²) in [6.45, 7) is 5.38. The van der Waals surface area contributed by atoms with Crippen LogP contribution in [0.3, 0.4) is 0 Å². The molecule has 6 heteroatoms. The highest BCUT2D eigenvalue weighted by Gasteiger charge is 3.01. The van der Waals surface area contributed by atoms with Crippen LogP contribution in [0.1, 0.15) is 33.3 Å². The van der Waals surface area contributed by atoms with Crippen LogP contribution in [0.4, 0.5) is 0 Å². The average Bonchev–Trinajstić information content (AvgIpc) is 3.15. The second-order valence-electron chi connectivity index (χ2n) is 8.79. The van der Waals surface area contributed by atoms with E-state index in [0.717, 1.165) is 0 Å². The van der Waals surface area contributed by atoms with Crippen molar-refractivity contribution in [2.45, 2.75) is 62.6 Å². The Hall–Kier alpha value is -1.02. The van der Waals surface area contributed by atoms with Gasteiger partial charge in [-0.25, -0.2) is 0 Å². The first-order chi connectivity index (χ1) is 11.3. The largest absolute Gasteiger partial charge is 0.393 e. The molecule has 140 valence electrons. The number of hydrogen-bond acceptors (Lipinski definition) is 6. The summed E-state index contributed by atoms with van der Waals surface area (Å²) in [5, 5.41) is 64.9. The van der Waals surface area contributed by atoms with Crippen molar-refractivity contribution in [3.05, 3.63) is 35.9 Å². The van der Waals surface area contributed by atoms with Crippen molar-refractivity contribution in [3.63, 3.8) is 0 Å². The molecule has 2 aliphatic carbocycles. The van der Waals surface area contributed by atoms with E-state index in [4.69, 9.17) is 0 Å². The van der Waals surface area contributed by atoms with Gasteiger partial charge in [0.25, 0.3) is 0 Å². The third-order valence-electron chi connectivity index (χ3n) is 7.07. The topological polar surface area (TPSA) is 121 Å². The molecule has 0 bridgehead atoms. The third-order valence-corrected chi connectivity index (χ3v) is 7.07. The lowest BCUT2D eigenvalue weighted by Crippen LogP contribution is -2.58. The highest BCUT2D eigenvalue weighted by molar-refractivity contribution is 5.51. The van der Waals surface area contributed by atoms with E-state index in [9.17, 15) is 30.6 Å². The number of benzene rings is 1. The molecular weight excluding hydrogens is 324 g/mol. The van der Waals surface area contributed by atoms with Crippen LogP contribution in [0.5, 0.6) is 0 Å². The molecule has 0 amide bonds. The third kappa shape index (κ3) is 1.71. The van der Waals surface area contributed by atoms with Gasteiger partial charge in [-0.15, -0.1) is 0 Å². The number of rotatable bonds is 5. The van der Waals surface area contributed by atoms with Crippen LogP contribution in [-0.2, 0) is 6.42 Å². The van der Waals surface area contributed by atoms with Crippen molar-refractivity contribution in [2.75, 3.05) is 6.61 Å². The molecule has 0 heterocycles. The van der Waals surface area contributed by atoms with Gasteiger partial charge >= 0.3 is 0 Å². The molecule has 1 aromatic rings. The predicted molar refractivity (Wildman–Crippen MR) is 90.6 cm³/mol. The normalized spacial score (nSPS) is 43.4. The minimum atomic E-state index is -2.21. The fourth-order valence-electron chi connectivity index (χ4n) is 5.11. The summed E-state index contributed by atoms with van der Waals surface area (Å²) in [7, 11) is 0. The lowest BCUT2D eigenvalue weighted by atomic mass is 9.82. The van der Waals surface area contributed by atoms with Crippen LogP contribution in [0.2, 0.25) is 0 Å². The van der Waals surface area contributed by atoms with E-state index in [0.29, 0.717) is 5.56 Å². The molecule has 0 radical (unpaired) electrons. The smallest absolute Gasteiger partial charge is 0.137 e. The summed E-state index contributed by atoms with van der Waals surface area (Å²) < 4.78 is 0. The highest BCUT2D eigenvalue weighted by Crippen LogP contribution is 2.81. The van der Waals surface area contributed by atoms with E-state index in [2.05, 4.69) is 0 Å². The number of hydrogen-bond donors (Lipinski definition) is 6. The van der Waals surface area contributed by atoms with Gasteiger partial charge in [-0.3, -0.25) is 0 Å². The maximum Gasteiger partial charge on any atom is 0.137 e. The second-order valence-corrected chi connectivity index (χ2v) is 8.79. The number of aliphatic hydroxyl groups is 6. The van der Waals surface area contributed by atoms with Crippen molar-refractivity contribution in [1.82, 2.24) is 0 Å². The minimum absolute atomic E-state index is 0.112. The Morgan fingerprint density at radius 2 is 1.48 bits per heavy atom. The van der Waals surface area contributed by atoms with Crippen molar-refractivity contribution in [1.29, 1.82) is 0 Å². The molecule has 1 unspecified atom stereocenters. The highest BCUT2D eigenvalue weighted by atomic mass is 16.5. The van der Waals surface area contributed by atoms with Crippen LogP contribution in [0.15, 0.2) is 30.3 Å². The van der Waals surface area contributed by atoms with E-state index < -0.39 is 45.9 Å². The van der Waals surface area contributed by atoms with E-state index in [-0.39, 0.29) is 6.42 Å². The van der Waals surface area contributed by atoms with Gasteiger partial charge in [0.15, 0.2) is 0 Å². The van der Waals surface area contributed by atoms with E-state index in [1.165, 1.54) is 13.8 Å². The van der Waals surface area contributed by atoms with Gasteiger partial charge in [-0.05, 0) is 5.56 Å². The van der Waals surface area contributed by atoms with Crippen LogP contribution >= 0.6 is 0 Å². The van der Waals surface area contributed by atoms with Gasteiger partial charge < -0.3 is 30.6 Å². The fourth-order valence-corrected chi connectivity index (χ4v) is 5.11. The first kappa shape index (κ1) is 18.8. The Labute approximate surface area is 147 Å². The molecule has 2 saturated carbocycles. The maximum absolute atomic E-state index is 11.4. The predicted octanol–water partition coefficient (Wildman–Crippen LogP) is -0.414. The summed E-state index contributed by atoms with van der Waals surface area (Å²) in [4.78, 5) is 0. The molecule has 0 aliphatic heterocycles. The van der Waals surface area contributed by atoms with Crippen LogP contribution in [-0.4, -0.2) is 65.8 Å². The summed E-state index contributed by atoms with van der Waals surface area (Å²) in [5.41, 5.74) is -10.2. The standard InChI is InChI=1S/C19H28O6/c1-14(2)13(21)17(14,23)19(25)15(3,4)18(19,24)16(22,11-20)10-12-8-6-5-7-9-12/h5-9,13,20-25H,10-11H2,1-4H3/t13?,16-,17+,18-,19-/m1/s1. The molecule has 5 atom stereocenters. The average molecular weight is 352 g/mol. The fraction of sp³-hybridized carbons (Fsp3) is 0.684. The Kier molecular flexibility index (Phi) is 3.62. The van der Waals surface area contributed by atoms with Gasteiger partial charge in [0.05, 0.1) is 12.7 Å². The van der Waals surface area contributed by atoms with Crippen molar-refractivity contribution >= 4 is 0 Å². The Morgan fingerprint density at radius 3 is 1.88 bits per heavy atom. The lowest BCUT2D eigenvalue weighted by molar-refractivity contribution is -0.183. The first-order valence-corrected chi connectivity index (χ1v) is 8.52. The minimum Gasteiger partial charge on any atom is -0.393 e. The van der Waals surface area contributed by atoms with Gasteiger partial charge in [0, 0.05) is 17.3 Å². The second kappa shape index (κ2) is 4.82. The molecule has 2 fully saturated rings. The number of aliphatic hydroxyl groups excluding tert-OH is 2. The quantitative estimate of drug-likeness (QED) is 0.428. The van der Waals surface area contributed by atoms with Crippen molar-refractivity contribution in [2.24, 2.45) is 10.8 Å². The zero-order valence-corrected chi connectivity index (χ0v) is 15.1. The summed E-state index contributed by atoms with van der Waals surface area (Å²) in [6, 6.07) is 8.82. The van der Waals surface area contributed by atoms with Crippen molar-refractivity contribution < 1.29 is 30.6 Å². The van der Waals surface area contributed by atoms with E-state index >= 15 is 0 Å². The summed E-state index contributed by atoms with van der Waals surface area (Å²) in [6.07, 6.45) is -1.36. The first-order valence-electron chi connectivity index (χ1n) is 8.52. The monoisotopic (exact) mass is 352 g/mol. The Balaban J connectivity index is 2.05.